The molecule has 4 heterocycles. The Bertz CT molecular complexity index is 1330. The van der Waals surface area contributed by atoms with Crippen LogP contribution in [0.15, 0.2) is 98.1 Å². The van der Waals surface area contributed by atoms with E-state index in [1.807, 2.05) is 9.80 Å². The Morgan fingerprint density at radius 3 is 0.875 bits per heavy atom. The van der Waals surface area contributed by atoms with Crippen LogP contribution in [0.4, 0.5) is 0 Å². The van der Waals surface area contributed by atoms with Gasteiger partial charge in [-0.25, -0.2) is 19.2 Å². The van der Waals surface area contributed by atoms with Gasteiger partial charge in [0.05, 0.1) is 22.3 Å². The van der Waals surface area contributed by atoms with Gasteiger partial charge in [0, 0.05) is 88.8 Å². The summed E-state index contributed by atoms with van der Waals surface area (Å²) < 4.78 is 21.8. The first kappa shape index (κ1) is 35.3. The first-order valence-corrected chi connectivity index (χ1v) is 15.2. The Labute approximate surface area is 277 Å². The predicted molar refractivity (Wildman–Crippen MR) is 171 cm³/mol. The molecule has 0 fully saturated rings. The molecule has 0 aliphatic carbocycles. The average Bonchev–Trinajstić information content (AvgIpc) is 3.14. The fourth-order valence-corrected chi connectivity index (χ4v) is 4.29. The molecule has 0 aromatic carbocycles. The van der Waals surface area contributed by atoms with E-state index < -0.39 is 23.9 Å². The van der Waals surface area contributed by atoms with Crippen LogP contribution in [0, 0.1) is 0 Å². The molecule has 250 valence electrons. The van der Waals surface area contributed by atoms with Crippen molar-refractivity contribution < 1.29 is 38.1 Å². The normalized spacial score (nSPS) is 10.8. The van der Waals surface area contributed by atoms with Crippen molar-refractivity contribution in [2.75, 3.05) is 65.7 Å². The lowest BCUT2D eigenvalue weighted by molar-refractivity contribution is 0.0321. The van der Waals surface area contributed by atoms with Crippen molar-refractivity contribution in [3.8, 4) is 0 Å². The number of nitrogens with zero attached hydrogens (tertiary/aromatic N) is 6. The number of ether oxygens (including phenoxy) is 4. The van der Waals surface area contributed by atoms with E-state index in [4.69, 9.17) is 18.9 Å². The average molecular weight is 657 g/mol. The Balaban J connectivity index is 1.34. The molecule has 0 aliphatic rings. The minimum Gasteiger partial charge on any atom is -0.461 e. The fourth-order valence-electron chi connectivity index (χ4n) is 4.29. The van der Waals surface area contributed by atoms with E-state index in [9.17, 15) is 19.2 Å². The maximum atomic E-state index is 12.4. The van der Waals surface area contributed by atoms with Crippen molar-refractivity contribution in [3.05, 3.63) is 120 Å². The van der Waals surface area contributed by atoms with Crippen molar-refractivity contribution in [2.45, 2.75) is 0 Å². The van der Waals surface area contributed by atoms with Gasteiger partial charge in [-0.2, -0.15) is 0 Å². The number of aromatic nitrogens is 4. The maximum Gasteiger partial charge on any atom is 0.339 e. The third-order valence-electron chi connectivity index (χ3n) is 6.88. The van der Waals surface area contributed by atoms with Gasteiger partial charge >= 0.3 is 23.9 Å². The largest absolute Gasteiger partial charge is 0.461 e. The van der Waals surface area contributed by atoms with E-state index in [0.29, 0.717) is 61.5 Å². The van der Waals surface area contributed by atoms with Crippen molar-refractivity contribution in [2.24, 2.45) is 0 Å². The molecule has 0 saturated carbocycles. The molecule has 0 atom stereocenters. The molecule has 0 amide bonds. The molecule has 4 rings (SSSR count). The molecular formula is C34H36N6O8. The SMILES string of the molecule is O=C(OCCN(CCOC(=O)c1cccnc1)CCN(CCOC(=O)c1cccnc1)CCOC(=O)c1cccnc1)c1cccnc1. The van der Waals surface area contributed by atoms with Gasteiger partial charge in [-0.05, 0) is 48.5 Å². The van der Waals surface area contributed by atoms with Crippen molar-refractivity contribution in [1.29, 1.82) is 0 Å². The molecule has 0 aliphatic heterocycles. The quantitative estimate of drug-likeness (QED) is 0.107. The van der Waals surface area contributed by atoms with Gasteiger partial charge in [0.15, 0.2) is 0 Å². The minimum atomic E-state index is -0.501. The summed E-state index contributed by atoms with van der Waals surface area (Å²) in [7, 11) is 0. The second kappa shape index (κ2) is 19.8. The van der Waals surface area contributed by atoms with E-state index in [2.05, 4.69) is 19.9 Å². The summed E-state index contributed by atoms with van der Waals surface area (Å²) in [6.45, 7) is 2.61. The van der Waals surface area contributed by atoms with Gasteiger partial charge in [0.25, 0.3) is 0 Å². The van der Waals surface area contributed by atoms with Crippen molar-refractivity contribution in [3.63, 3.8) is 0 Å². The molecule has 14 nitrogen and oxygen atoms in total. The topological polar surface area (TPSA) is 163 Å². The molecule has 14 heteroatoms. The maximum absolute atomic E-state index is 12.4. The number of esters is 4. The fraction of sp³-hybridized carbons (Fsp3) is 0.294. The van der Waals surface area contributed by atoms with Gasteiger partial charge in [0.2, 0.25) is 0 Å². The predicted octanol–water partition coefficient (Wildman–Crippen LogP) is 2.60. The number of hydrogen-bond acceptors (Lipinski definition) is 14. The third-order valence-corrected chi connectivity index (χ3v) is 6.88. The molecule has 0 spiro atoms. The third kappa shape index (κ3) is 12.3. The highest BCUT2D eigenvalue weighted by Crippen LogP contribution is 2.04. The number of carbonyl (C=O) groups excluding carboxylic acids is 4. The summed E-state index contributed by atoms with van der Waals surface area (Å²) in [5.74, 6) is -2.01. The molecule has 0 saturated heterocycles. The smallest absolute Gasteiger partial charge is 0.339 e. The highest BCUT2D eigenvalue weighted by molar-refractivity contribution is 5.90. The van der Waals surface area contributed by atoms with E-state index in [-0.39, 0.29) is 26.4 Å². The van der Waals surface area contributed by atoms with Gasteiger partial charge in [-0.3, -0.25) is 29.7 Å². The first-order chi connectivity index (χ1) is 23.5. The number of hydrogen-bond donors (Lipinski definition) is 0. The zero-order chi connectivity index (χ0) is 33.8. The van der Waals surface area contributed by atoms with Gasteiger partial charge in [0.1, 0.15) is 26.4 Å². The van der Waals surface area contributed by atoms with Crippen LogP contribution in [0.2, 0.25) is 0 Å². The van der Waals surface area contributed by atoms with E-state index in [1.165, 1.54) is 24.8 Å². The molecule has 4 aromatic heterocycles. The minimum absolute atomic E-state index is 0.0791. The van der Waals surface area contributed by atoms with Crippen molar-refractivity contribution >= 4 is 23.9 Å². The van der Waals surface area contributed by atoms with Crippen LogP contribution in [-0.4, -0.2) is 119 Å². The summed E-state index contributed by atoms with van der Waals surface area (Å²) in [6.07, 6.45) is 12.0. The molecular weight excluding hydrogens is 620 g/mol. The molecule has 0 radical (unpaired) electrons. The Morgan fingerprint density at radius 2 is 0.667 bits per heavy atom. The van der Waals surface area contributed by atoms with E-state index in [0.717, 1.165) is 0 Å². The van der Waals surface area contributed by atoms with Crippen LogP contribution in [-0.2, 0) is 18.9 Å². The van der Waals surface area contributed by atoms with Gasteiger partial charge in [-0.15, -0.1) is 0 Å². The van der Waals surface area contributed by atoms with Crippen LogP contribution in [0.25, 0.3) is 0 Å². The molecule has 0 bridgehead atoms. The van der Waals surface area contributed by atoms with Crippen LogP contribution in [0.1, 0.15) is 41.4 Å². The number of carbonyl (C=O) groups is 4. The molecule has 0 N–H and O–H groups in total. The summed E-state index contributed by atoms with van der Waals surface area (Å²) in [6, 6.07) is 13.1. The summed E-state index contributed by atoms with van der Waals surface area (Å²) in [5, 5.41) is 0. The number of pyridine rings is 4. The van der Waals surface area contributed by atoms with Crippen LogP contribution in [0.3, 0.4) is 0 Å². The zero-order valence-corrected chi connectivity index (χ0v) is 26.3. The Kier molecular flexibility index (Phi) is 14.6. The Morgan fingerprint density at radius 1 is 0.417 bits per heavy atom. The van der Waals surface area contributed by atoms with Crippen molar-refractivity contribution in [1.82, 2.24) is 29.7 Å². The summed E-state index contributed by atoms with van der Waals surface area (Å²) >= 11 is 0. The monoisotopic (exact) mass is 656 g/mol. The second-order valence-corrected chi connectivity index (χ2v) is 10.2. The van der Waals surface area contributed by atoms with Crippen LogP contribution in [0.5, 0.6) is 0 Å². The lowest BCUT2D eigenvalue weighted by atomic mass is 10.3. The van der Waals surface area contributed by atoms with Gasteiger partial charge < -0.3 is 18.9 Å². The van der Waals surface area contributed by atoms with Gasteiger partial charge in [-0.1, -0.05) is 0 Å². The highest BCUT2D eigenvalue weighted by atomic mass is 16.5. The molecule has 0 unspecified atom stereocenters. The van der Waals surface area contributed by atoms with Crippen LogP contribution < -0.4 is 0 Å². The second-order valence-electron chi connectivity index (χ2n) is 10.2. The van der Waals surface area contributed by atoms with E-state index >= 15 is 0 Å². The summed E-state index contributed by atoms with van der Waals surface area (Å²) in [4.78, 5) is 69.5. The standard InChI is InChI=1S/C34H36N6O8/c41-31(27-5-1-9-35-23-27)45-19-15-39(16-20-46-32(42)28-6-2-10-36-24-28)13-14-40(17-21-47-33(43)29-7-3-11-37-25-29)18-22-48-34(44)30-8-4-12-38-26-30/h1-12,23-26H,13-22H2. The Hall–Kier alpha value is -5.60. The summed E-state index contributed by atoms with van der Waals surface area (Å²) in [5.41, 5.74) is 1.34. The van der Waals surface area contributed by atoms with Crippen LogP contribution >= 0.6 is 0 Å². The molecule has 48 heavy (non-hydrogen) atoms. The molecule has 4 aromatic rings. The number of rotatable bonds is 19. The lowest BCUT2D eigenvalue weighted by Crippen LogP contribution is -2.41. The first-order valence-electron chi connectivity index (χ1n) is 15.2. The van der Waals surface area contributed by atoms with E-state index in [1.54, 1.807) is 73.3 Å². The highest BCUT2D eigenvalue weighted by Gasteiger charge is 2.16. The zero-order valence-electron chi connectivity index (χ0n) is 26.3. The lowest BCUT2D eigenvalue weighted by Gasteiger charge is -2.27.